The maximum Gasteiger partial charge on any atom is 0.259 e. The lowest BCUT2D eigenvalue weighted by molar-refractivity contribution is 0.198. The van der Waals surface area contributed by atoms with Crippen LogP contribution in [0.2, 0.25) is 0 Å². The minimum Gasteiger partial charge on any atom is -0.385 e. The number of methoxy groups -OCH3 is 1. The summed E-state index contributed by atoms with van der Waals surface area (Å²) < 4.78 is 10.4. The Bertz CT molecular complexity index is 766. The normalized spacial score (nSPS) is 10.8. The van der Waals surface area contributed by atoms with Gasteiger partial charge in [0.25, 0.3) is 5.89 Å². The van der Waals surface area contributed by atoms with Crippen LogP contribution in [0.1, 0.15) is 12.0 Å². The molecule has 2 heterocycles. The molecule has 0 saturated heterocycles. The smallest absolute Gasteiger partial charge is 0.259 e. The van der Waals surface area contributed by atoms with Gasteiger partial charge in [0.05, 0.1) is 5.56 Å². The molecule has 0 spiro atoms. The summed E-state index contributed by atoms with van der Waals surface area (Å²) in [5, 5.41) is 7.28. The quantitative estimate of drug-likeness (QED) is 0.670. The number of rotatable bonds is 7. The third-order valence-corrected chi connectivity index (χ3v) is 3.58. The fraction of sp³-hybridized carbons (Fsp3) is 0.278. The van der Waals surface area contributed by atoms with E-state index in [4.69, 9.17) is 9.26 Å². The average molecular weight is 324 g/mol. The van der Waals surface area contributed by atoms with E-state index in [0.29, 0.717) is 11.7 Å². The SMILES string of the molecule is COCCCNc1ccc(-c2nc(-c3ccc(C)cc3)no2)cn1. The van der Waals surface area contributed by atoms with Gasteiger partial charge in [-0.15, -0.1) is 0 Å². The summed E-state index contributed by atoms with van der Waals surface area (Å²) in [4.78, 5) is 8.81. The number of benzene rings is 1. The molecule has 24 heavy (non-hydrogen) atoms. The van der Waals surface area contributed by atoms with Crippen molar-refractivity contribution in [1.29, 1.82) is 0 Å². The van der Waals surface area contributed by atoms with Gasteiger partial charge >= 0.3 is 0 Å². The molecule has 2 aromatic heterocycles. The van der Waals surface area contributed by atoms with Gasteiger partial charge in [-0.2, -0.15) is 4.98 Å². The number of nitrogens with zero attached hydrogens (tertiary/aromatic N) is 3. The molecule has 3 aromatic rings. The molecule has 0 aliphatic carbocycles. The van der Waals surface area contributed by atoms with Crippen molar-refractivity contribution in [2.45, 2.75) is 13.3 Å². The van der Waals surface area contributed by atoms with Gasteiger partial charge < -0.3 is 14.6 Å². The highest BCUT2D eigenvalue weighted by atomic mass is 16.5. The van der Waals surface area contributed by atoms with E-state index in [0.717, 1.165) is 36.5 Å². The highest BCUT2D eigenvalue weighted by Crippen LogP contribution is 2.22. The molecule has 124 valence electrons. The number of aromatic nitrogens is 3. The van der Waals surface area contributed by atoms with Crippen LogP contribution in [0, 0.1) is 6.92 Å². The zero-order valence-corrected chi connectivity index (χ0v) is 13.8. The first-order chi connectivity index (χ1) is 11.8. The van der Waals surface area contributed by atoms with Crippen LogP contribution in [0.25, 0.3) is 22.8 Å². The van der Waals surface area contributed by atoms with Gasteiger partial charge in [-0.1, -0.05) is 35.0 Å². The third kappa shape index (κ3) is 3.97. The zero-order chi connectivity index (χ0) is 16.8. The lowest BCUT2D eigenvalue weighted by atomic mass is 10.1. The van der Waals surface area contributed by atoms with Crippen molar-refractivity contribution >= 4 is 5.82 Å². The molecule has 1 aromatic carbocycles. The van der Waals surface area contributed by atoms with Gasteiger partial charge in [-0.3, -0.25) is 0 Å². The molecule has 0 fully saturated rings. The number of anilines is 1. The Balaban J connectivity index is 1.67. The largest absolute Gasteiger partial charge is 0.385 e. The third-order valence-electron chi connectivity index (χ3n) is 3.58. The van der Waals surface area contributed by atoms with Crippen LogP contribution in [0.4, 0.5) is 5.82 Å². The summed E-state index contributed by atoms with van der Waals surface area (Å²) in [5.74, 6) is 1.85. The minimum absolute atomic E-state index is 0.462. The molecule has 0 aliphatic heterocycles. The molecule has 3 rings (SSSR count). The van der Waals surface area contributed by atoms with E-state index < -0.39 is 0 Å². The minimum atomic E-state index is 0.462. The number of nitrogens with one attached hydrogen (secondary N) is 1. The second-order valence-electron chi connectivity index (χ2n) is 5.49. The zero-order valence-electron chi connectivity index (χ0n) is 13.8. The first kappa shape index (κ1) is 16.1. The number of aryl methyl sites for hydroxylation is 1. The molecule has 0 saturated carbocycles. The fourth-order valence-electron chi connectivity index (χ4n) is 2.22. The van der Waals surface area contributed by atoms with Gasteiger partial charge in [-0.25, -0.2) is 4.98 Å². The van der Waals surface area contributed by atoms with Crippen LogP contribution in [0.3, 0.4) is 0 Å². The van der Waals surface area contributed by atoms with Gasteiger partial charge in [0.1, 0.15) is 5.82 Å². The highest BCUT2D eigenvalue weighted by molar-refractivity contribution is 5.60. The summed E-state index contributed by atoms with van der Waals surface area (Å²) in [5.41, 5.74) is 2.92. The molecule has 1 N–H and O–H groups in total. The van der Waals surface area contributed by atoms with E-state index >= 15 is 0 Å². The summed E-state index contributed by atoms with van der Waals surface area (Å²) in [7, 11) is 1.70. The maximum atomic E-state index is 5.35. The molecule has 0 bridgehead atoms. The number of pyridine rings is 1. The molecule has 6 heteroatoms. The average Bonchev–Trinajstić information content (AvgIpc) is 3.10. The van der Waals surface area contributed by atoms with Crippen LogP contribution in [0.15, 0.2) is 47.1 Å². The molecular weight excluding hydrogens is 304 g/mol. The Labute approximate surface area is 140 Å². The van der Waals surface area contributed by atoms with E-state index in [1.165, 1.54) is 5.56 Å². The maximum absolute atomic E-state index is 5.35. The first-order valence-corrected chi connectivity index (χ1v) is 7.86. The summed E-state index contributed by atoms with van der Waals surface area (Å²) in [6.45, 7) is 3.59. The predicted molar refractivity (Wildman–Crippen MR) is 92.7 cm³/mol. The van der Waals surface area contributed by atoms with Crippen molar-refractivity contribution in [3.8, 4) is 22.8 Å². The van der Waals surface area contributed by atoms with Crippen molar-refractivity contribution in [3.05, 3.63) is 48.2 Å². The van der Waals surface area contributed by atoms with Gasteiger partial charge in [-0.05, 0) is 25.5 Å². The number of hydrogen-bond donors (Lipinski definition) is 1. The molecular formula is C18H20N4O2. The predicted octanol–water partition coefficient (Wildman–Crippen LogP) is 3.56. The molecule has 0 radical (unpaired) electrons. The summed E-state index contributed by atoms with van der Waals surface area (Å²) in [6, 6.07) is 11.8. The van der Waals surface area contributed by atoms with E-state index in [1.54, 1.807) is 13.3 Å². The second-order valence-corrected chi connectivity index (χ2v) is 5.49. The van der Waals surface area contributed by atoms with Crippen LogP contribution < -0.4 is 5.32 Å². The van der Waals surface area contributed by atoms with Crippen LogP contribution in [-0.2, 0) is 4.74 Å². The lowest BCUT2D eigenvalue weighted by Gasteiger charge is -2.04. The van der Waals surface area contributed by atoms with Crippen LogP contribution in [0.5, 0.6) is 0 Å². The second kappa shape index (κ2) is 7.70. The first-order valence-electron chi connectivity index (χ1n) is 7.86. The number of ether oxygens (including phenoxy) is 1. The number of hydrogen-bond acceptors (Lipinski definition) is 6. The Kier molecular flexibility index (Phi) is 5.18. The van der Waals surface area contributed by atoms with Crippen molar-refractivity contribution in [2.75, 3.05) is 25.6 Å². The lowest BCUT2D eigenvalue weighted by Crippen LogP contribution is -2.05. The van der Waals surface area contributed by atoms with E-state index in [1.807, 2.05) is 43.3 Å². The monoisotopic (exact) mass is 324 g/mol. The molecule has 0 atom stereocenters. The Hall–Kier alpha value is -2.73. The van der Waals surface area contributed by atoms with Crippen molar-refractivity contribution < 1.29 is 9.26 Å². The topological polar surface area (TPSA) is 73.1 Å². The van der Waals surface area contributed by atoms with Gasteiger partial charge in [0, 0.05) is 32.0 Å². The van der Waals surface area contributed by atoms with Crippen molar-refractivity contribution in [1.82, 2.24) is 15.1 Å². The summed E-state index contributed by atoms with van der Waals surface area (Å²) >= 11 is 0. The van der Waals surface area contributed by atoms with E-state index in [2.05, 4.69) is 20.4 Å². The standard InChI is InChI=1S/C18H20N4O2/c1-13-4-6-14(7-5-13)17-21-18(24-22-17)15-8-9-16(20-12-15)19-10-3-11-23-2/h4-9,12H,3,10-11H2,1-2H3,(H,19,20). The van der Waals surface area contributed by atoms with E-state index in [9.17, 15) is 0 Å². The Morgan fingerprint density at radius 3 is 2.58 bits per heavy atom. The van der Waals surface area contributed by atoms with Crippen molar-refractivity contribution in [3.63, 3.8) is 0 Å². The molecule has 0 aliphatic rings. The molecule has 0 amide bonds. The summed E-state index contributed by atoms with van der Waals surface area (Å²) in [6.07, 6.45) is 2.66. The van der Waals surface area contributed by atoms with Crippen LogP contribution >= 0.6 is 0 Å². The molecule has 6 nitrogen and oxygen atoms in total. The fourth-order valence-corrected chi connectivity index (χ4v) is 2.22. The highest BCUT2D eigenvalue weighted by Gasteiger charge is 2.10. The van der Waals surface area contributed by atoms with Gasteiger partial charge in [0.2, 0.25) is 5.82 Å². The van der Waals surface area contributed by atoms with Gasteiger partial charge in [0.15, 0.2) is 0 Å². The van der Waals surface area contributed by atoms with Crippen LogP contribution in [-0.4, -0.2) is 35.4 Å². The van der Waals surface area contributed by atoms with E-state index in [-0.39, 0.29) is 0 Å². The molecule has 0 unspecified atom stereocenters. The Morgan fingerprint density at radius 2 is 1.88 bits per heavy atom. The van der Waals surface area contributed by atoms with Crippen molar-refractivity contribution in [2.24, 2.45) is 0 Å². The Morgan fingerprint density at radius 1 is 1.08 bits per heavy atom.